The molecular weight excluding hydrogens is 310 g/mol. The zero-order valence-electron chi connectivity index (χ0n) is 11.5. The Morgan fingerprint density at radius 1 is 1.17 bits per heavy atom. The summed E-state index contributed by atoms with van der Waals surface area (Å²) < 4.78 is 12.2. The summed E-state index contributed by atoms with van der Waals surface area (Å²) in [7, 11) is 0. The van der Waals surface area contributed by atoms with Crippen molar-refractivity contribution in [1.82, 2.24) is 0 Å². The SMILES string of the molecule is CC(C)(C)c1cccc(O)c1.C[C](C)=[Ti][F].Cl.Cl. The van der Waals surface area contributed by atoms with E-state index in [1.165, 1.54) is 0 Å². The van der Waals surface area contributed by atoms with Crippen LogP contribution in [0.5, 0.6) is 5.75 Å². The first kappa shape index (κ1) is 23.2. The van der Waals surface area contributed by atoms with Crippen molar-refractivity contribution in [1.29, 1.82) is 0 Å². The van der Waals surface area contributed by atoms with E-state index in [0.717, 1.165) is 9.37 Å². The Labute approximate surface area is 131 Å². The predicted octanol–water partition coefficient (Wildman–Crippen LogP) is 4.70. The molecule has 0 aliphatic rings. The Balaban J connectivity index is -0.000000282. The van der Waals surface area contributed by atoms with Crippen LogP contribution in [-0.2, 0) is 24.6 Å². The van der Waals surface area contributed by atoms with Crippen molar-refractivity contribution in [2.75, 3.05) is 0 Å². The number of hydrogen-bond donors (Lipinski definition) is 1. The Hall–Kier alpha value is 0.114. The standard InChI is InChI=1S/C10H14O.C3H6.2ClH.FH.Ti/c1-10(2,3)8-5-4-6-9(11)7-8;1-3-2;;;;/h4-7,11H,1-3H3;1-2H3;3*1H;/q;;;;;+1/p-1. The second-order valence-corrected chi connectivity index (χ2v) is 6.75. The fourth-order valence-corrected chi connectivity index (χ4v) is 0.972. The first-order valence-electron chi connectivity index (χ1n) is 5.23. The maximum Gasteiger partial charge on any atom is -0.147 e. The second-order valence-electron chi connectivity index (χ2n) is 4.89. The first-order chi connectivity index (χ1) is 7.27. The van der Waals surface area contributed by atoms with Gasteiger partial charge in [0, 0.05) is 0 Å². The average Bonchev–Trinajstić information content (AvgIpc) is 2.17. The number of aromatic hydroxyl groups is 1. The van der Waals surface area contributed by atoms with Crippen LogP contribution in [0.2, 0.25) is 0 Å². The van der Waals surface area contributed by atoms with Gasteiger partial charge in [-0.25, -0.2) is 0 Å². The molecule has 1 N–H and O–H groups in total. The van der Waals surface area contributed by atoms with Crippen LogP contribution in [0.4, 0.5) is 3.09 Å². The molecule has 1 nitrogen and oxygen atoms in total. The van der Waals surface area contributed by atoms with E-state index in [-0.39, 0.29) is 30.2 Å². The third-order valence-electron chi connectivity index (χ3n) is 1.90. The fraction of sp³-hybridized carbons (Fsp3) is 0.462. The summed E-state index contributed by atoms with van der Waals surface area (Å²) >= 11 is -1.14. The molecule has 0 bridgehead atoms. The van der Waals surface area contributed by atoms with Gasteiger partial charge >= 0.3 is 40.0 Å². The van der Waals surface area contributed by atoms with E-state index in [0.29, 0.717) is 5.75 Å². The molecule has 0 aromatic heterocycles. The van der Waals surface area contributed by atoms with Gasteiger partial charge in [-0.2, -0.15) is 0 Å². The van der Waals surface area contributed by atoms with Crippen molar-refractivity contribution >= 4 is 28.6 Å². The van der Waals surface area contributed by atoms with Gasteiger partial charge in [-0.05, 0) is 23.1 Å². The van der Waals surface area contributed by atoms with Crippen molar-refractivity contribution in [2.24, 2.45) is 0 Å². The molecule has 0 aliphatic carbocycles. The molecule has 0 atom stereocenters. The molecule has 0 fully saturated rings. The average molecular weight is 332 g/mol. The van der Waals surface area contributed by atoms with E-state index in [9.17, 15) is 8.20 Å². The molecule has 0 amide bonds. The van der Waals surface area contributed by atoms with E-state index in [2.05, 4.69) is 20.8 Å². The topological polar surface area (TPSA) is 20.2 Å². The maximum absolute atomic E-state index is 11.2. The molecule has 1 aromatic carbocycles. The summed E-state index contributed by atoms with van der Waals surface area (Å²) in [4.78, 5) is 0. The predicted molar refractivity (Wildman–Crippen MR) is 78.8 cm³/mol. The molecular formula is C13H22Cl2FOTi. The quantitative estimate of drug-likeness (QED) is 0.683. The second kappa shape index (κ2) is 11.0. The molecule has 0 saturated heterocycles. The van der Waals surface area contributed by atoms with Crippen LogP contribution in [-0.4, -0.2) is 8.92 Å². The zero-order valence-corrected chi connectivity index (χ0v) is 14.6. The number of hydrogen-bond acceptors (Lipinski definition) is 1. The monoisotopic (exact) mass is 331 g/mol. The number of halogens is 3. The van der Waals surface area contributed by atoms with Crippen LogP contribution < -0.4 is 0 Å². The largest absolute Gasteiger partial charge is 0.147 e. The summed E-state index contributed by atoms with van der Waals surface area (Å²) in [5.41, 5.74) is 1.29. The van der Waals surface area contributed by atoms with Crippen molar-refractivity contribution in [2.45, 2.75) is 40.0 Å². The van der Waals surface area contributed by atoms with Gasteiger partial charge in [-0.3, -0.25) is 0 Å². The Kier molecular flexibility index (Phi) is 14.2. The Morgan fingerprint density at radius 3 is 1.83 bits per heavy atom. The van der Waals surface area contributed by atoms with Crippen LogP contribution in [0.15, 0.2) is 24.3 Å². The minimum absolute atomic E-state index is 0. The van der Waals surface area contributed by atoms with Crippen LogP contribution in [0, 0.1) is 0 Å². The molecule has 0 radical (unpaired) electrons. The first-order valence-corrected chi connectivity index (χ1v) is 6.60. The number of benzene rings is 1. The Morgan fingerprint density at radius 2 is 1.61 bits per heavy atom. The minimum Gasteiger partial charge on any atom is -0.147 e. The molecule has 0 aliphatic heterocycles. The van der Waals surface area contributed by atoms with Gasteiger partial charge in [0.1, 0.15) is 5.75 Å². The Bertz CT molecular complexity index is 358. The van der Waals surface area contributed by atoms with Gasteiger partial charge in [0.2, 0.25) is 0 Å². The maximum atomic E-state index is 11.2. The molecule has 1 aromatic rings. The smallest absolute Gasteiger partial charge is 0.147 e. The van der Waals surface area contributed by atoms with E-state index >= 15 is 0 Å². The summed E-state index contributed by atoms with van der Waals surface area (Å²) in [6.07, 6.45) is 0. The molecule has 1 rings (SSSR count). The summed E-state index contributed by atoms with van der Waals surface area (Å²) in [5, 5.41) is 9.18. The van der Waals surface area contributed by atoms with Gasteiger partial charge in [0.25, 0.3) is 0 Å². The molecule has 18 heavy (non-hydrogen) atoms. The minimum atomic E-state index is -1.14. The third-order valence-corrected chi connectivity index (χ3v) is 2.49. The number of rotatable bonds is 0. The summed E-state index contributed by atoms with van der Waals surface area (Å²) in [5.74, 6) is 0.345. The molecule has 0 heterocycles. The van der Waals surface area contributed by atoms with Crippen LogP contribution in [0.3, 0.4) is 0 Å². The van der Waals surface area contributed by atoms with E-state index < -0.39 is 19.2 Å². The van der Waals surface area contributed by atoms with E-state index in [1.54, 1.807) is 12.1 Å². The molecule has 0 saturated carbocycles. The van der Waals surface area contributed by atoms with Crippen molar-refractivity contribution in [3.05, 3.63) is 29.8 Å². The number of phenols is 1. The van der Waals surface area contributed by atoms with Gasteiger partial charge in [0.15, 0.2) is 0 Å². The van der Waals surface area contributed by atoms with Crippen molar-refractivity contribution in [3.63, 3.8) is 0 Å². The zero-order chi connectivity index (χ0) is 12.8. The van der Waals surface area contributed by atoms with E-state index in [1.807, 2.05) is 26.0 Å². The van der Waals surface area contributed by atoms with Gasteiger partial charge in [-0.15, -0.1) is 24.8 Å². The molecule has 5 heteroatoms. The van der Waals surface area contributed by atoms with Gasteiger partial charge < -0.3 is 5.11 Å². The van der Waals surface area contributed by atoms with Crippen molar-refractivity contribution < 1.29 is 27.4 Å². The van der Waals surface area contributed by atoms with Crippen LogP contribution in [0.1, 0.15) is 40.2 Å². The van der Waals surface area contributed by atoms with Gasteiger partial charge in [-0.1, -0.05) is 32.9 Å². The number of phenolic OH excluding ortho intramolecular Hbond substituents is 1. The fourth-order valence-electron chi connectivity index (χ4n) is 0.972. The summed E-state index contributed by atoms with van der Waals surface area (Å²) in [6.45, 7) is 10.0. The normalized spacial score (nSPS) is 8.78. The molecule has 0 unspecified atom stereocenters. The molecule has 105 valence electrons. The van der Waals surface area contributed by atoms with Crippen LogP contribution in [0.25, 0.3) is 0 Å². The molecule has 0 spiro atoms. The third kappa shape index (κ3) is 11.2. The summed E-state index contributed by atoms with van der Waals surface area (Å²) in [6, 6.07) is 7.39. The van der Waals surface area contributed by atoms with Crippen LogP contribution >= 0.6 is 24.8 Å². The van der Waals surface area contributed by atoms with Gasteiger partial charge in [0.05, 0.1) is 0 Å². The van der Waals surface area contributed by atoms with E-state index in [4.69, 9.17) is 0 Å². The van der Waals surface area contributed by atoms with Crippen molar-refractivity contribution in [3.8, 4) is 5.75 Å².